The van der Waals surface area contributed by atoms with Crippen molar-refractivity contribution in [2.24, 2.45) is 0 Å². The van der Waals surface area contributed by atoms with Crippen LogP contribution >= 0.6 is 11.8 Å². The minimum absolute atomic E-state index is 0.716. The van der Waals surface area contributed by atoms with Gasteiger partial charge >= 0.3 is 0 Å². The average Bonchev–Trinajstić information content (AvgIpc) is 2.71. The Bertz CT molecular complexity index is 325. The van der Waals surface area contributed by atoms with E-state index in [0.717, 1.165) is 24.7 Å². The maximum atomic E-state index is 5.57. The van der Waals surface area contributed by atoms with E-state index in [2.05, 4.69) is 19.1 Å². The molecule has 2 rings (SSSR count). The molecule has 0 atom stereocenters. The van der Waals surface area contributed by atoms with Gasteiger partial charge in [0.25, 0.3) is 0 Å². The normalized spacial score (nSPS) is 13.7. The number of rotatable bonds is 5. The first kappa shape index (κ1) is 10.8. The molecule has 1 aliphatic heterocycles. The number of unbranched alkanes of at least 4 members (excludes halogenated alkanes) is 1. The molecule has 0 radical (unpaired) electrons. The molecule has 0 aromatic heterocycles. The lowest BCUT2D eigenvalue weighted by atomic mass is 10.2. The van der Waals surface area contributed by atoms with Crippen LogP contribution in [-0.2, 0) is 11.3 Å². The van der Waals surface area contributed by atoms with Crippen molar-refractivity contribution in [3.05, 3.63) is 23.8 Å². The number of ether oxygens (including phenoxy) is 2. The SMILES string of the molecule is CCCCOCc1ccc2c(c1)SCO2. The fourth-order valence-electron chi connectivity index (χ4n) is 1.47. The molecule has 0 bridgehead atoms. The molecule has 0 unspecified atom stereocenters. The van der Waals surface area contributed by atoms with Crippen molar-refractivity contribution in [3.63, 3.8) is 0 Å². The molecule has 1 aliphatic rings. The molecule has 1 heterocycles. The van der Waals surface area contributed by atoms with Crippen LogP contribution in [0.3, 0.4) is 0 Å². The van der Waals surface area contributed by atoms with E-state index in [1.54, 1.807) is 11.8 Å². The van der Waals surface area contributed by atoms with Crippen LogP contribution in [0.4, 0.5) is 0 Å². The van der Waals surface area contributed by atoms with E-state index in [4.69, 9.17) is 9.47 Å². The lowest BCUT2D eigenvalue weighted by Gasteiger charge is -2.04. The summed E-state index contributed by atoms with van der Waals surface area (Å²) < 4.78 is 11.0. The molecule has 0 N–H and O–H groups in total. The topological polar surface area (TPSA) is 18.5 Å². The Labute approximate surface area is 95.0 Å². The number of hydrogen-bond acceptors (Lipinski definition) is 3. The van der Waals surface area contributed by atoms with Crippen molar-refractivity contribution in [1.29, 1.82) is 0 Å². The lowest BCUT2D eigenvalue weighted by Crippen LogP contribution is -1.95. The highest BCUT2D eigenvalue weighted by Gasteiger charge is 2.12. The highest BCUT2D eigenvalue weighted by Crippen LogP contribution is 2.36. The van der Waals surface area contributed by atoms with Crippen molar-refractivity contribution in [2.45, 2.75) is 31.3 Å². The lowest BCUT2D eigenvalue weighted by molar-refractivity contribution is 0.118. The number of hydrogen-bond donors (Lipinski definition) is 0. The predicted molar refractivity (Wildman–Crippen MR) is 62.4 cm³/mol. The Morgan fingerprint density at radius 2 is 2.40 bits per heavy atom. The Hall–Kier alpha value is -0.670. The number of fused-ring (bicyclic) bond motifs is 1. The quantitative estimate of drug-likeness (QED) is 0.714. The van der Waals surface area contributed by atoms with Gasteiger partial charge in [-0.3, -0.25) is 0 Å². The molecule has 1 aromatic carbocycles. The molecular weight excluding hydrogens is 208 g/mol. The minimum Gasteiger partial charge on any atom is -0.481 e. The zero-order valence-corrected chi connectivity index (χ0v) is 9.81. The third-order valence-corrected chi connectivity index (χ3v) is 3.21. The largest absolute Gasteiger partial charge is 0.481 e. The summed E-state index contributed by atoms with van der Waals surface area (Å²) in [5.41, 5.74) is 1.24. The minimum atomic E-state index is 0.716. The van der Waals surface area contributed by atoms with Crippen molar-refractivity contribution >= 4 is 11.8 Å². The highest BCUT2D eigenvalue weighted by atomic mass is 32.2. The smallest absolute Gasteiger partial charge is 0.138 e. The molecular formula is C12H16O2S. The van der Waals surface area contributed by atoms with Gasteiger partial charge < -0.3 is 9.47 Å². The molecule has 15 heavy (non-hydrogen) atoms. The molecule has 0 spiro atoms. The Kier molecular flexibility index (Phi) is 3.92. The third-order valence-electron chi connectivity index (χ3n) is 2.35. The van der Waals surface area contributed by atoms with Gasteiger partial charge in [-0.25, -0.2) is 0 Å². The van der Waals surface area contributed by atoms with Crippen LogP contribution in [0.1, 0.15) is 25.3 Å². The van der Waals surface area contributed by atoms with Crippen LogP contribution < -0.4 is 4.74 Å². The average molecular weight is 224 g/mol. The Balaban J connectivity index is 1.87. The second kappa shape index (κ2) is 5.42. The van der Waals surface area contributed by atoms with E-state index in [1.165, 1.54) is 16.9 Å². The van der Waals surface area contributed by atoms with E-state index in [-0.39, 0.29) is 0 Å². The van der Waals surface area contributed by atoms with Crippen LogP contribution in [0.25, 0.3) is 0 Å². The van der Waals surface area contributed by atoms with Gasteiger partial charge in [-0.05, 0) is 24.1 Å². The first-order valence-electron chi connectivity index (χ1n) is 5.36. The summed E-state index contributed by atoms with van der Waals surface area (Å²) >= 11 is 1.75. The summed E-state index contributed by atoms with van der Waals surface area (Å²) in [6, 6.07) is 6.28. The summed E-state index contributed by atoms with van der Waals surface area (Å²) in [5.74, 6) is 1.76. The monoisotopic (exact) mass is 224 g/mol. The molecule has 82 valence electrons. The van der Waals surface area contributed by atoms with E-state index in [1.807, 2.05) is 6.07 Å². The van der Waals surface area contributed by atoms with Crippen LogP contribution in [0.2, 0.25) is 0 Å². The molecule has 0 saturated heterocycles. The van der Waals surface area contributed by atoms with Gasteiger partial charge in [0.1, 0.15) is 11.7 Å². The summed E-state index contributed by atoms with van der Waals surface area (Å²) in [7, 11) is 0. The molecule has 0 saturated carbocycles. The van der Waals surface area contributed by atoms with Gasteiger partial charge in [0, 0.05) is 6.61 Å². The van der Waals surface area contributed by atoms with Crippen molar-refractivity contribution in [3.8, 4) is 5.75 Å². The van der Waals surface area contributed by atoms with Crippen LogP contribution in [0.5, 0.6) is 5.75 Å². The second-order valence-corrected chi connectivity index (χ2v) is 4.56. The molecule has 0 aliphatic carbocycles. The highest BCUT2D eigenvalue weighted by molar-refractivity contribution is 7.99. The Morgan fingerprint density at radius 3 is 3.27 bits per heavy atom. The van der Waals surface area contributed by atoms with Crippen LogP contribution in [0, 0.1) is 0 Å². The first-order valence-corrected chi connectivity index (χ1v) is 6.35. The van der Waals surface area contributed by atoms with Gasteiger partial charge in [-0.2, -0.15) is 0 Å². The summed E-state index contributed by atoms with van der Waals surface area (Å²) in [4.78, 5) is 1.24. The zero-order valence-electron chi connectivity index (χ0n) is 8.99. The van der Waals surface area contributed by atoms with E-state index >= 15 is 0 Å². The molecule has 0 fully saturated rings. The number of thioether (sulfide) groups is 1. The van der Waals surface area contributed by atoms with Crippen molar-refractivity contribution < 1.29 is 9.47 Å². The standard InChI is InChI=1S/C12H16O2S/c1-2-3-6-13-8-10-4-5-11-12(7-10)15-9-14-11/h4-5,7H,2-3,6,8-9H2,1H3. The number of benzene rings is 1. The van der Waals surface area contributed by atoms with E-state index in [9.17, 15) is 0 Å². The van der Waals surface area contributed by atoms with Crippen molar-refractivity contribution in [1.82, 2.24) is 0 Å². The van der Waals surface area contributed by atoms with Gasteiger partial charge in [-0.15, -0.1) is 0 Å². The fraction of sp³-hybridized carbons (Fsp3) is 0.500. The third kappa shape index (κ3) is 2.89. The van der Waals surface area contributed by atoms with Gasteiger partial charge in [0.2, 0.25) is 0 Å². The summed E-state index contributed by atoms with van der Waals surface area (Å²) in [6.07, 6.45) is 2.33. The molecule has 2 nitrogen and oxygen atoms in total. The first-order chi connectivity index (χ1) is 7.40. The fourth-order valence-corrected chi connectivity index (χ4v) is 2.28. The molecule has 1 aromatic rings. The van der Waals surface area contributed by atoms with Crippen LogP contribution in [0.15, 0.2) is 23.1 Å². The van der Waals surface area contributed by atoms with Gasteiger partial charge in [0.05, 0.1) is 11.5 Å². The van der Waals surface area contributed by atoms with E-state index in [0.29, 0.717) is 6.61 Å². The van der Waals surface area contributed by atoms with E-state index < -0.39 is 0 Å². The summed E-state index contributed by atoms with van der Waals surface area (Å²) in [6.45, 7) is 3.75. The Morgan fingerprint density at radius 1 is 1.47 bits per heavy atom. The van der Waals surface area contributed by atoms with Crippen molar-refractivity contribution in [2.75, 3.05) is 12.5 Å². The summed E-state index contributed by atoms with van der Waals surface area (Å²) in [5, 5.41) is 0. The predicted octanol–water partition coefficient (Wildman–Crippen LogP) is 3.45. The molecule has 0 amide bonds. The maximum Gasteiger partial charge on any atom is 0.138 e. The van der Waals surface area contributed by atoms with Crippen LogP contribution in [-0.4, -0.2) is 12.5 Å². The van der Waals surface area contributed by atoms with Gasteiger partial charge in [-0.1, -0.05) is 31.2 Å². The second-order valence-electron chi connectivity index (χ2n) is 3.59. The molecule has 3 heteroatoms. The zero-order chi connectivity index (χ0) is 10.5. The van der Waals surface area contributed by atoms with Gasteiger partial charge in [0.15, 0.2) is 0 Å². The maximum absolute atomic E-state index is 5.57.